The Morgan fingerprint density at radius 1 is 1.00 bits per heavy atom. The zero-order chi connectivity index (χ0) is 17.4. The summed E-state index contributed by atoms with van der Waals surface area (Å²) in [5, 5.41) is 0.0577. The molecule has 0 bridgehead atoms. The average Bonchev–Trinajstić information content (AvgIpc) is 3.04. The summed E-state index contributed by atoms with van der Waals surface area (Å²) in [6, 6.07) is 15.2. The zero-order valence-electron chi connectivity index (χ0n) is 14.9. The largest absolute Gasteiger partial charge is 0.368 e. The van der Waals surface area contributed by atoms with Crippen LogP contribution < -0.4 is 4.90 Å². The SMILES string of the molecule is Cc1cccc(N2CCN(C(=O)[C@@H]3Cc4ccc(C)cc4S3)CC2)c1. The van der Waals surface area contributed by atoms with Gasteiger partial charge in [0, 0.05) is 36.8 Å². The van der Waals surface area contributed by atoms with Crippen molar-refractivity contribution < 1.29 is 4.79 Å². The van der Waals surface area contributed by atoms with E-state index in [2.05, 4.69) is 66.1 Å². The number of piperazine rings is 1. The molecule has 1 fully saturated rings. The van der Waals surface area contributed by atoms with Crippen molar-refractivity contribution in [1.29, 1.82) is 0 Å². The Morgan fingerprint density at radius 3 is 2.52 bits per heavy atom. The van der Waals surface area contributed by atoms with Gasteiger partial charge < -0.3 is 9.80 Å². The Kier molecular flexibility index (Phi) is 4.46. The van der Waals surface area contributed by atoms with E-state index in [-0.39, 0.29) is 5.25 Å². The van der Waals surface area contributed by atoms with Gasteiger partial charge in [0.15, 0.2) is 0 Å². The third-order valence-corrected chi connectivity index (χ3v) is 6.42. The highest BCUT2D eigenvalue weighted by Gasteiger charge is 2.33. The van der Waals surface area contributed by atoms with E-state index in [0.717, 1.165) is 32.6 Å². The van der Waals surface area contributed by atoms with Gasteiger partial charge in [-0.25, -0.2) is 0 Å². The molecular weight excluding hydrogens is 328 g/mol. The molecule has 2 aromatic carbocycles. The minimum absolute atomic E-state index is 0.0577. The summed E-state index contributed by atoms with van der Waals surface area (Å²) in [5.74, 6) is 0.308. The monoisotopic (exact) mass is 352 g/mol. The smallest absolute Gasteiger partial charge is 0.236 e. The Labute approximate surface area is 154 Å². The first-order valence-corrected chi connectivity index (χ1v) is 9.85. The van der Waals surface area contributed by atoms with Crippen molar-refractivity contribution in [2.24, 2.45) is 0 Å². The summed E-state index contributed by atoms with van der Waals surface area (Å²) in [6.45, 7) is 7.70. The summed E-state index contributed by atoms with van der Waals surface area (Å²) < 4.78 is 0. The molecule has 0 N–H and O–H groups in total. The Morgan fingerprint density at radius 2 is 1.76 bits per heavy atom. The highest BCUT2D eigenvalue weighted by Crippen LogP contribution is 2.38. The number of carbonyl (C=O) groups excluding carboxylic acids is 1. The lowest BCUT2D eigenvalue weighted by Crippen LogP contribution is -2.51. The number of anilines is 1. The minimum atomic E-state index is 0.0577. The van der Waals surface area contributed by atoms with E-state index in [4.69, 9.17) is 0 Å². The number of hydrogen-bond donors (Lipinski definition) is 0. The van der Waals surface area contributed by atoms with Crippen LogP contribution in [-0.2, 0) is 11.2 Å². The lowest BCUT2D eigenvalue weighted by atomic mass is 10.1. The number of aryl methyl sites for hydroxylation is 2. The van der Waals surface area contributed by atoms with Gasteiger partial charge in [-0.05, 0) is 49.6 Å². The fourth-order valence-electron chi connectivity index (χ4n) is 3.69. The minimum Gasteiger partial charge on any atom is -0.368 e. The molecule has 1 atom stereocenters. The van der Waals surface area contributed by atoms with Crippen molar-refractivity contribution in [1.82, 2.24) is 4.90 Å². The Hall–Kier alpha value is -1.94. The van der Waals surface area contributed by atoms with Crippen molar-refractivity contribution in [3.63, 3.8) is 0 Å². The number of carbonyl (C=O) groups is 1. The summed E-state index contributed by atoms with van der Waals surface area (Å²) >= 11 is 1.75. The van der Waals surface area contributed by atoms with E-state index >= 15 is 0 Å². The Bertz CT molecular complexity index is 796. The highest BCUT2D eigenvalue weighted by atomic mass is 32.2. The quantitative estimate of drug-likeness (QED) is 0.824. The van der Waals surface area contributed by atoms with Crippen LogP contribution in [0.15, 0.2) is 47.4 Å². The highest BCUT2D eigenvalue weighted by molar-refractivity contribution is 8.01. The second kappa shape index (κ2) is 6.75. The maximum absolute atomic E-state index is 12.9. The first kappa shape index (κ1) is 16.5. The van der Waals surface area contributed by atoms with Gasteiger partial charge >= 0.3 is 0 Å². The third-order valence-electron chi connectivity index (χ3n) is 5.13. The molecule has 4 heteroatoms. The lowest BCUT2D eigenvalue weighted by molar-refractivity contribution is -0.130. The molecule has 0 unspecified atom stereocenters. The molecular formula is C21H24N2OS. The van der Waals surface area contributed by atoms with Crippen LogP contribution in [0.1, 0.15) is 16.7 Å². The van der Waals surface area contributed by atoms with Crippen molar-refractivity contribution in [2.75, 3.05) is 31.1 Å². The molecule has 3 nitrogen and oxygen atoms in total. The van der Waals surface area contributed by atoms with Crippen LogP contribution in [0, 0.1) is 13.8 Å². The molecule has 0 aromatic heterocycles. The molecule has 130 valence electrons. The van der Waals surface area contributed by atoms with E-state index < -0.39 is 0 Å². The molecule has 0 spiro atoms. The predicted octanol–water partition coefficient (Wildman–Crippen LogP) is 3.67. The summed E-state index contributed by atoms with van der Waals surface area (Å²) in [7, 11) is 0. The molecule has 0 radical (unpaired) electrons. The zero-order valence-corrected chi connectivity index (χ0v) is 15.7. The number of benzene rings is 2. The molecule has 2 aromatic rings. The van der Waals surface area contributed by atoms with E-state index in [9.17, 15) is 4.79 Å². The van der Waals surface area contributed by atoms with Crippen molar-refractivity contribution in [2.45, 2.75) is 30.4 Å². The van der Waals surface area contributed by atoms with E-state index in [1.807, 2.05) is 0 Å². The average molecular weight is 353 g/mol. The summed E-state index contributed by atoms with van der Waals surface area (Å²) in [4.78, 5) is 18.7. The predicted molar refractivity (Wildman–Crippen MR) is 105 cm³/mol. The lowest BCUT2D eigenvalue weighted by Gasteiger charge is -2.37. The third kappa shape index (κ3) is 3.40. The number of fused-ring (bicyclic) bond motifs is 1. The standard InChI is InChI=1S/C21H24N2OS/c1-15-4-3-5-18(12-15)22-8-10-23(11-9-22)21(24)20-14-17-7-6-16(2)13-19(17)25-20/h3-7,12-13,20H,8-11,14H2,1-2H3/t20-/m0/s1. The van der Waals surface area contributed by atoms with Gasteiger partial charge in [-0.2, -0.15) is 0 Å². The van der Waals surface area contributed by atoms with Crippen molar-refractivity contribution in [3.05, 3.63) is 59.2 Å². The van der Waals surface area contributed by atoms with Crippen LogP contribution in [0.4, 0.5) is 5.69 Å². The fraction of sp³-hybridized carbons (Fsp3) is 0.381. The fourth-order valence-corrected chi connectivity index (χ4v) is 5.06. The second-order valence-corrected chi connectivity index (χ2v) is 8.32. The number of amides is 1. The molecule has 2 heterocycles. The molecule has 0 aliphatic carbocycles. The molecule has 0 saturated carbocycles. The number of hydrogen-bond acceptors (Lipinski definition) is 3. The summed E-state index contributed by atoms with van der Waals surface area (Å²) in [6.07, 6.45) is 0.872. The van der Waals surface area contributed by atoms with Crippen molar-refractivity contribution >= 4 is 23.4 Å². The molecule has 2 aliphatic heterocycles. The van der Waals surface area contributed by atoms with Crippen LogP contribution in [-0.4, -0.2) is 42.2 Å². The van der Waals surface area contributed by atoms with Gasteiger partial charge in [0.25, 0.3) is 0 Å². The van der Waals surface area contributed by atoms with Gasteiger partial charge in [-0.3, -0.25) is 4.79 Å². The van der Waals surface area contributed by atoms with Gasteiger partial charge in [-0.1, -0.05) is 29.8 Å². The van der Waals surface area contributed by atoms with Gasteiger partial charge in [0.1, 0.15) is 0 Å². The number of rotatable bonds is 2. The van der Waals surface area contributed by atoms with Crippen LogP contribution >= 0.6 is 11.8 Å². The maximum Gasteiger partial charge on any atom is 0.236 e. The van der Waals surface area contributed by atoms with E-state index in [1.54, 1.807) is 11.8 Å². The number of thioether (sulfide) groups is 1. The Balaban J connectivity index is 1.37. The maximum atomic E-state index is 12.9. The van der Waals surface area contributed by atoms with Crippen LogP contribution in [0.3, 0.4) is 0 Å². The molecule has 25 heavy (non-hydrogen) atoms. The molecule has 1 amide bonds. The normalized spacial score (nSPS) is 19.8. The first-order chi connectivity index (χ1) is 12.1. The number of nitrogens with zero attached hydrogens (tertiary/aromatic N) is 2. The van der Waals surface area contributed by atoms with E-state index in [0.29, 0.717) is 5.91 Å². The molecule has 4 rings (SSSR count). The van der Waals surface area contributed by atoms with Crippen LogP contribution in [0.5, 0.6) is 0 Å². The first-order valence-electron chi connectivity index (χ1n) is 8.97. The van der Waals surface area contributed by atoms with Gasteiger partial charge in [0.05, 0.1) is 5.25 Å². The van der Waals surface area contributed by atoms with Crippen LogP contribution in [0.2, 0.25) is 0 Å². The van der Waals surface area contributed by atoms with Gasteiger partial charge in [0.2, 0.25) is 5.91 Å². The summed E-state index contributed by atoms with van der Waals surface area (Å²) in [5.41, 5.74) is 5.15. The van der Waals surface area contributed by atoms with Crippen LogP contribution in [0.25, 0.3) is 0 Å². The second-order valence-electron chi connectivity index (χ2n) is 7.07. The topological polar surface area (TPSA) is 23.6 Å². The molecule has 1 saturated heterocycles. The van der Waals surface area contributed by atoms with Gasteiger partial charge in [-0.15, -0.1) is 11.8 Å². The molecule has 2 aliphatic rings. The van der Waals surface area contributed by atoms with Crippen molar-refractivity contribution in [3.8, 4) is 0 Å². The van der Waals surface area contributed by atoms with E-state index in [1.165, 1.54) is 27.3 Å².